The van der Waals surface area contributed by atoms with Crippen molar-refractivity contribution in [3.05, 3.63) is 18.2 Å². The molecule has 116 valence electrons. The molecule has 1 aromatic rings. The van der Waals surface area contributed by atoms with Crippen molar-refractivity contribution >= 4 is 29.0 Å². The predicted molar refractivity (Wildman–Crippen MR) is 91.6 cm³/mol. The Morgan fingerprint density at radius 2 is 1.90 bits per heavy atom. The minimum absolute atomic E-state index is 0.0383. The molecule has 0 saturated heterocycles. The van der Waals surface area contributed by atoms with E-state index in [1.54, 1.807) is 11.8 Å². The Balaban J connectivity index is 2.11. The maximum absolute atomic E-state index is 12.5. The molecular formula is C17H26N2OS. The summed E-state index contributed by atoms with van der Waals surface area (Å²) in [6.07, 6.45) is 1.13. The van der Waals surface area contributed by atoms with Gasteiger partial charge in [-0.3, -0.25) is 4.79 Å². The van der Waals surface area contributed by atoms with Crippen LogP contribution in [0.1, 0.15) is 41.0 Å². The van der Waals surface area contributed by atoms with E-state index in [2.05, 4.69) is 39.9 Å². The largest absolute Gasteiger partial charge is 0.397 e. The summed E-state index contributed by atoms with van der Waals surface area (Å²) in [7, 11) is 0. The number of carbonyl (C=O) groups excluding carboxylic acids is 1. The average Bonchev–Trinajstić information content (AvgIpc) is 2.80. The second kappa shape index (κ2) is 5.56. The van der Waals surface area contributed by atoms with E-state index in [0.29, 0.717) is 5.69 Å². The number of amides is 1. The van der Waals surface area contributed by atoms with Gasteiger partial charge in [-0.1, -0.05) is 34.6 Å². The average molecular weight is 306 g/mol. The topological polar surface area (TPSA) is 55.1 Å². The molecule has 3 nitrogen and oxygen atoms in total. The third kappa shape index (κ3) is 2.91. The van der Waals surface area contributed by atoms with Gasteiger partial charge < -0.3 is 11.1 Å². The first-order valence-electron chi connectivity index (χ1n) is 7.55. The zero-order valence-electron chi connectivity index (χ0n) is 13.6. The second-order valence-corrected chi connectivity index (χ2v) is 8.13. The van der Waals surface area contributed by atoms with Gasteiger partial charge in [0.2, 0.25) is 5.91 Å². The molecule has 0 bridgehead atoms. The predicted octanol–water partition coefficient (Wildman–Crippen LogP) is 4.39. The van der Waals surface area contributed by atoms with Gasteiger partial charge in [0.25, 0.3) is 0 Å². The number of nitrogens with one attached hydrogen (secondary N) is 1. The molecule has 1 aliphatic rings. The van der Waals surface area contributed by atoms with Crippen molar-refractivity contribution in [3.63, 3.8) is 0 Å². The lowest BCUT2D eigenvalue weighted by atomic mass is 10.0. The summed E-state index contributed by atoms with van der Waals surface area (Å²) >= 11 is 1.79. The van der Waals surface area contributed by atoms with E-state index in [1.165, 1.54) is 0 Å². The second-order valence-electron chi connectivity index (χ2n) is 6.96. The molecule has 0 aromatic heterocycles. The molecule has 2 rings (SSSR count). The summed E-state index contributed by atoms with van der Waals surface area (Å²) in [5.74, 6) is 1.19. The van der Waals surface area contributed by atoms with Gasteiger partial charge in [0.15, 0.2) is 0 Å². The Morgan fingerprint density at radius 3 is 2.43 bits per heavy atom. The van der Waals surface area contributed by atoms with Gasteiger partial charge in [0.05, 0.1) is 11.4 Å². The maximum atomic E-state index is 12.5. The van der Waals surface area contributed by atoms with Crippen LogP contribution in [0.2, 0.25) is 0 Å². The quantitative estimate of drug-likeness (QED) is 0.626. The Kier molecular flexibility index (Phi) is 4.29. The SMILES string of the molecule is CCCSc1ccc(N)c(NC(=O)C2C(C)(C)C2(C)C)c1. The van der Waals surface area contributed by atoms with Gasteiger partial charge >= 0.3 is 0 Å². The Hall–Kier alpha value is -1.16. The van der Waals surface area contributed by atoms with Crippen molar-refractivity contribution in [1.82, 2.24) is 0 Å². The van der Waals surface area contributed by atoms with E-state index in [-0.39, 0.29) is 22.7 Å². The number of rotatable bonds is 5. The highest BCUT2D eigenvalue weighted by atomic mass is 32.2. The number of hydrogen-bond donors (Lipinski definition) is 2. The van der Waals surface area contributed by atoms with Crippen LogP contribution < -0.4 is 11.1 Å². The monoisotopic (exact) mass is 306 g/mol. The minimum Gasteiger partial charge on any atom is -0.397 e. The molecule has 21 heavy (non-hydrogen) atoms. The molecule has 0 atom stereocenters. The van der Waals surface area contributed by atoms with Crippen LogP contribution in [0.15, 0.2) is 23.1 Å². The first kappa shape index (κ1) is 16.2. The molecule has 0 radical (unpaired) electrons. The fourth-order valence-electron chi connectivity index (χ4n) is 3.01. The molecule has 0 aliphatic heterocycles. The van der Waals surface area contributed by atoms with Gasteiger partial charge in [-0.15, -0.1) is 11.8 Å². The number of benzene rings is 1. The summed E-state index contributed by atoms with van der Waals surface area (Å²) in [4.78, 5) is 13.7. The number of hydrogen-bond acceptors (Lipinski definition) is 3. The van der Waals surface area contributed by atoms with Crippen LogP contribution in [0.5, 0.6) is 0 Å². The van der Waals surface area contributed by atoms with Crippen molar-refractivity contribution in [1.29, 1.82) is 0 Å². The molecule has 0 spiro atoms. The first-order chi connectivity index (χ1) is 9.71. The van der Waals surface area contributed by atoms with Crippen molar-refractivity contribution in [2.24, 2.45) is 16.7 Å². The van der Waals surface area contributed by atoms with Crippen LogP contribution in [0.25, 0.3) is 0 Å². The van der Waals surface area contributed by atoms with Crippen LogP contribution in [0.3, 0.4) is 0 Å². The zero-order valence-corrected chi connectivity index (χ0v) is 14.4. The van der Waals surface area contributed by atoms with Crippen LogP contribution >= 0.6 is 11.8 Å². The maximum Gasteiger partial charge on any atom is 0.228 e. The number of nitrogens with two attached hydrogens (primary N) is 1. The lowest BCUT2D eigenvalue weighted by Crippen LogP contribution is -2.18. The van der Waals surface area contributed by atoms with E-state index < -0.39 is 0 Å². The summed E-state index contributed by atoms with van der Waals surface area (Å²) in [6, 6.07) is 5.86. The zero-order chi connectivity index (χ0) is 15.8. The van der Waals surface area contributed by atoms with Gasteiger partial charge in [-0.25, -0.2) is 0 Å². The Morgan fingerprint density at radius 1 is 1.29 bits per heavy atom. The fourth-order valence-corrected chi connectivity index (χ4v) is 3.82. The minimum atomic E-state index is 0.0383. The Bertz CT molecular complexity index is 538. The van der Waals surface area contributed by atoms with Crippen LogP contribution in [-0.2, 0) is 4.79 Å². The summed E-state index contributed by atoms with van der Waals surface area (Å²) in [5, 5.41) is 3.02. The van der Waals surface area contributed by atoms with Gasteiger partial charge in [-0.2, -0.15) is 0 Å². The van der Waals surface area contributed by atoms with Crippen molar-refractivity contribution in [3.8, 4) is 0 Å². The van der Waals surface area contributed by atoms with E-state index in [1.807, 2.05) is 18.2 Å². The highest BCUT2D eigenvalue weighted by Crippen LogP contribution is 2.68. The Labute approximate surface area is 132 Å². The van der Waals surface area contributed by atoms with E-state index in [0.717, 1.165) is 22.8 Å². The molecule has 1 aromatic carbocycles. The summed E-state index contributed by atoms with van der Waals surface area (Å²) in [6.45, 7) is 10.7. The summed E-state index contributed by atoms with van der Waals surface area (Å²) < 4.78 is 0. The van der Waals surface area contributed by atoms with Gasteiger partial charge in [-0.05, 0) is 41.2 Å². The lowest BCUT2D eigenvalue weighted by molar-refractivity contribution is -0.118. The smallest absolute Gasteiger partial charge is 0.228 e. The van der Waals surface area contributed by atoms with Gasteiger partial charge in [0.1, 0.15) is 0 Å². The molecule has 0 heterocycles. The van der Waals surface area contributed by atoms with Crippen LogP contribution in [0, 0.1) is 16.7 Å². The number of carbonyl (C=O) groups is 1. The van der Waals surface area contributed by atoms with E-state index in [4.69, 9.17) is 5.73 Å². The standard InChI is InChI=1S/C17H26N2OS/c1-6-9-21-11-7-8-12(18)13(10-11)19-15(20)14-16(2,3)17(14,4)5/h7-8,10,14H,6,9,18H2,1-5H3,(H,19,20). The number of anilines is 2. The van der Waals surface area contributed by atoms with E-state index in [9.17, 15) is 4.79 Å². The molecule has 4 heteroatoms. The lowest BCUT2D eigenvalue weighted by Gasteiger charge is -2.11. The third-order valence-electron chi connectivity index (χ3n) is 5.04. The highest BCUT2D eigenvalue weighted by Gasteiger charge is 2.68. The van der Waals surface area contributed by atoms with Crippen LogP contribution in [0.4, 0.5) is 11.4 Å². The van der Waals surface area contributed by atoms with Crippen molar-refractivity contribution in [2.45, 2.75) is 45.9 Å². The third-order valence-corrected chi connectivity index (χ3v) is 6.24. The molecule has 1 saturated carbocycles. The first-order valence-corrected chi connectivity index (χ1v) is 8.53. The molecular weight excluding hydrogens is 280 g/mol. The molecule has 1 amide bonds. The molecule has 0 unspecified atom stereocenters. The van der Waals surface area contributed by atoms with Crippen molar-refractivity contribution < 1.29 is 4.79 Å². The molecule has 3 N–H and O–H groups in total. The normalized spacial score (nSPS) is 19.3. The number of thioether (sulfide) groups is 1. The molecule has 1 fully saturated rings. The molecule has 1 aliphatic carbocycles. The van der Waals surface area contributed by atoms with Crippen molar-refractivity contribution in [2.75, 3.05) is 16.8 Å². The van der Waals surface area contributed by atoms with Crippen LogP contribution in [-0.4, -0.2) is 11.7 Å². The van der Waals surface area contributed by atoms with E-state index >= 15 is 0 Å². The number of nitrogen functional groups attached to an aromatic ring is 1. The fraction of sp³-hybridized carbons (Fsp3) is 0.588. The highest BCUT2D eigenvalue weighted by molar-refractivity contribution is 7.99. The summed E-state index contributed by atoms with van der Waals surface area (Å²) in [5.41, 5.74) is 7.44. The van der Waals surface area contributed by atoms with Gasteiger partial charge in [0, 0.05) is 10.8 Å².